The minimum absolute atomic E-state index is 0.00154. The van der Waals surface area contributed by atoms with Crippen LogP contribution in [0.5, 0.6) is 0 Å². The van der Waals surface area contributed by atoms with Crippen LogP contribution in [0.4, 0.5) is 19.2 Å². The average molecular weight is 1300 g/mol. The average Bonchev–Trinajstić information content (AvgIpc) is 1.13. The minimum atomic E-state index is -1.68. The van der Waals surface area contributed by atoms with Crippen LogP contribution < -0.4 is 27.0 Å². The van der Waals surface area contributed by atoms with Crippen molar-refractivity contribution < 1.29 is 72.0 Å². The monoisotopic (exact) mass is 1300 g/mol. The number of aliphatic hydroxyl groups is 2. The smallest absolute Gasteiger partial charge is 0.407 e. The molecule has 0 bridgehead atoms. The van der Waals surface area contributed by atoms with Crippen molar-refractivity contribution in [3.63, 3.8) is 0 Å². The lowest BCUT2D eigenvalue weighted by atomic mass is 9.62. The number of nitrogens with one attached hydrogen (secondary N) is 4. The Labute approximate surface area is 536 Å². The number of allylic oxidation sites excluding steroid dienone is 1. The molecular formula is C66H129N5O15S2. The Kier molecular flexibility index (Phi) is 38.3. The number of ketones is 2. The van der Waals surface area contributed by atoms with Crippen molar-refractivity contribution >= 4 is 56.3 Å². The van der Waals surface area contributed by atoms with Gasteiger partial charge >= 0.3 is 24.4 Å². The number of rotatable bonds is 31. The second-order valence-corrected chi connectivity index (χ2v) is 38.2. The predicted octanol–water partition coefficient (Wildman–Crippen LogP) is 12.2. The number of hydrogen-bond donors (Lipinski definition) is 8. The first kappa shape index (κ1) is 86.4. The van der Waals surface area contributed by atoms with E-state index < -0.39 is 62.0 Å². The topological polar surface area (TPSA) is 293 Å². The van der Waals surface area contributed by atoms with Gasteiger partial charge in [-0.1, -0.05) is 96.2 Å². The van der Waals surface area contributed by atoms with E-state index in [4.69, 9.17) is 44.4 Å². The fraction of sp³-hybridized carbons (Fsp3) is 0.848. The molecule has 0 spiro atoms. The standard InChI is InChI=1S/C27H54N2O6S.C26H52N2O7S.C7H12O.C6H11NO/c1-21(2)36(8,9)16-10-13-33-14-15-34-24(32)29-22-17-25(3,4)19-27(7,18-22)20-28-23(31)35-26(5,6)11-12-30;1-23(2)16-20(17-26(7,18-23)19-27-21(30)35-24(3,4)10-12-29)28-22(31)34-15-14-33-13-11-25(5,6)36(8,9)32;1-5(2)7(8)6(3)4;1-4(2)6(8)5(3)7/h21-22,30H,10-20H2,1-9H3,(H,28,31)(H,29,32);20,29,32H,10-19H2,1-9H3,(H,27,30)(H,28,31);6H,1H2,2-4H3;5H,1,7H2,2-3H3. The fourth-order valence-electron chi connectivity index (χ4n) is 10.8. The van der Waals surface area contributed by atoms with Crippen LogP contribution >= 0.6 is 20.3 Å². The van der Waals surface area contributed by atoms with Crippen molar-refractivity contribution in [2.45, 2.75) is 235 Å². The summed E-state index contributed by atoms with van der Waals surface area (Å²) >= 11 is 0. The lowest BCUT2D eigenvalue weighted by molar-refractivity contribution is -0.118. The summed E-state index contributed by atoms with van der Waals surface area (Å²) in [4.78, 5) is 70.8. The van der Waals surface area contributed by atoms with Gasteiger partial charge in [-0.25, -0.2) is 29.2 Å². The van der Waals surface area contributed by atoms with Gasteiger partial charge in [-0.15, -0.1) is 10.3 Å². The zero-order valence-corrected chi connectivity index (χ0v) is 60.9. The summed E-state index contributed by atoms with van der Waals surface area (Å²) in [6.07, 6.45) is 14.0. The quantitative estimate of drug-likeness (QED) is 0.0182. The van der Waals surface area contributed by atoms with Crippen LogP contribution in [0.15, 0.2) is 24.3 Å². The molecule has 2 saturated carbocycles. The third kappa shape index (κ3) is 38.9. The summed E-state index contributed by atoms with van der Waals surface area (Å²) in [5, 5.41) is 30.7. The maximum atomic E-state index is 12.4. The SMILES string of the molecule is C=C(C)C(=O)C(C)C.C=C(C)C(=O)C(C)N.CC(C)S(C)(C)CCCOCCOC(=O)NC1CC(C)(C)CC(C)(CNC(=O)OC(C)(C)CCO)C1.CC1(C)CC(NC(=O)OCCOCCC(C)(C)S(C)(C)O)CC(C)(CNC(=O)OC(C)(C)CCO)C1. The number of alkyl carbamates (subject to hydrolysis) is 4. The van der Waals surface area contributed by atoms with Gasteiger partial charge in [0.1, 0.15) is 24.4 Å². The van der Waals surface area contributed by atoms with Crippen LogP contribution in [0, 0.1) is 27.6 Å². The van der Waals surface area contributed by atoms with E-state index in [1.165, 1.54) is 5.75 Å². The Morgan fingerprint density at radius 2 is 0.955 bits per heavy atom. The van der Waals surface area contributed by atoms with E-state index in [1.807, 2.05) is 40.2 Å². The molecule has 4 amide bonds. The highest BCUT2D eigenvalue weighted by molar-refractivity contribution is 8.33. The second kappa shape index (κ2) is 39.0. The van der Waals surface area contributed by atoms with Gasteiger partial charge in [-0.2, -0.15) is 0 Å². The molecule has 9 N–H and O–H groups in total. The first-order valence-corrected chi connectivity index (χ1v) is 36.5. The number of carbonyl (C=O) groups is 6. The zero-order chi connectivity index (χ0) is 68.9. The summed E-state index contributed by atoms with van der Waals surface area (Å²) in [5.74, 6) is 1.39. The predicted molar refractivity (Wildman–Crippen MR) is 363 cm³/mol. The minimum Gasteiger partial charge on any atom is -0.447 e. The van der Waals surface area contributed by atoms with E-state index in [0.717, 1.165) is 44.9 Å². The summed E-state index contributed by atoms with van der Waals surface area (Å²) in [5.41, 5.74) is 4.49. The van der Waals surface area contributed by atoms with Gasteiger partial charge in [0, 0.05) is 75.1 Å². The van der Waals surface area contributed by atoms with Crippen LogP contribution in [0.1, 0.15) is 196 Å². The van der Waals surface area contributed by atoms with Crippen LogP contribution in [0.25, 0.3) is 0 Å². The number of hydrogen-bond acceptors (Lipinski definition) is 16. The third-order valence-electron chi connectivity index (χ3n) is 16.2. The molecule has 0 saturated heterocycles. The normalized spacial score (nSPS) is 20.7. The zero-order valence-electron chi connectivity index (χ0n) is 59.3. The molecule has 0 aromatic rings. The highest BCUT2D eigenvalue weighted by Gasteiger charge is 2.44. The largest absolute Gasteiger partial charge is 0.447 e. The van der Waals surface area contributed by atoms with E-state index in [-0.39, 0.29) is 82.4 Å². The molecule has 2 rings (SSSR count). The summed E-state index contributed by atoms with van der Waals surface area (Å²) < 4.78 is 42.9. The van der Waals surface area contributed by atoms with Crippen LogP contribution in [-0.4, -0.2) is 187 Å². The lowest BCUT2D eigenvalue weighted by Crippen LogP contribution is -2.51. The number of carbonyl (C=O) groups excluding carboxylic acids is 6. The van der Waals surface area contributed by atoms with E-state index in [9.17, 15) is 33.3 Å². The first-order valence-electron chi connectivity index (χ1n) is 31.4. The molecular weight excluding hydrogens is 1170 g/mol. The molecule has 5 atom stereocenters. The number of amides is 4. The van der Waals surface area contributed by atoms with E-state index >= 15 is 0 Å². The van der Waals surface area contributed by atoms with Crippen molar-refractivity contribution in [3.05, 3.63) is 24.3 Å². The van der Waals surface area contributed by atoms with Gasteiger partial charge in [-0.3, -0.25) is 9.59 Å². The van der Waals surface area contributed by atoms with Gasteiger partial charge in [-0.05, 0) is 169 Å². The van der Waals surface area contributed by atoms with Gasteiger partial charge in [0.2, 0.25) is 0 Å². The fourth-order valence-corrected chi connectivity index (χ4v) is 12.7. The number of Topliss-reactive ketones (excluding diaryl/α,β-unsaturated/α-hetero) is 2. The van der Waals surface area contributed by atoms with E-state index in [2.05, 4.69) is 102 Å². The van der Waals surface area contributed by atoms with Crippen LogP contribution in [0.3, 0.4) is 0 Å². The molecule has 2 fully saturated rings. The molecule has 2 aliphatic rings. The molecule has 0 aromatic heterocycles. The van der Waals surface area contributed by atoms with Crippen LogP contribution in [-0.2, 0) is 38.0 Å². The van der Waals surface area contributed by atoms with Gasteiger partial charge in [0.25, 0.3) is 0 Å². The van der Waals surface area contributed by atoms with Crippen molar-refractivity contribution in [3.8, 4) is 0 Å². The van der Waals surface area contributed by atoms with E-state index in [0.29, 0.717) is 75.2 Å². The molecule has 0 aliphatic heterocycles. The first-order chi connectivity index (χ1) is 39.9. The van der Waals surface area contributed by atoms with E-state index in [1.54, 1.807) is 48.5 Å². The number of ether oxygens (including phenoxy) is 6. The number of aliphatic hydroxyl groups excluding tert-OH is 2. The highest BCUT2D eigenvalue weighted by atomic mass is 32.3. The second-order valence-electron chi connectivity index (χ2n) is 30.0. The van der Waals surface area contributed by atoms with Crippen LogP contribution in [0.2, 0.25) is 0 Å². The molecule has 2 aliphatic carbocycles. The van der Waals surface area contributed by atoms with Crippen molar-refractivity contribution in [1.82, 2.24) is 21.3 Å². The molecule has 20 nitrogen and oxygen atoms in total. The van der Waals surface area contributed by atoms with Crippen molar-refractivity contribution in [2.75, 3.05) is 96.7 Å². The Balaban J connectivity index is 0. The van der Waals surface area contributed by atoms with Gasteiger partial charge in [0.15, 0.2) is 11.6 Å². The molecule has 88 heavy (non-hydrogen) atoms. The Bertz CT molecular complexity index is 2130. The van der Waals surface area contributed by atoms with Crippen molar-refractivity contribution in [1.29, 1.82) is 0 Å². The summed E-state index contributed by atoms with van der Waals surface area (Å²) in [6.45, 7) is 47.5. The Morgan fingerprint density at radius 3 is 1.25 bits per heavy atom. The Morgan fingerprint density at radius 1 is 0.580 bits per heavy atom. The van der Waals surface area contributed by atoms with Crippen molar-refractivity contribution in [2.24, 2.45) is 33.3 Å². The highest BCUT2D eigenvalue weighted by Crippen LogP contribution is 2.51. The third-order valence-corrected chi connectivity index (χ3v) is 23.0. The molecule has 0 aromatic carbocycles. The summed E-state index contributed by atoms with van der Waals surface area (Å²) in [6, 6.07) is -0.518. The Hall–Kier alpha value is -3.64. The molecule has 5 unspecified atom stereocenters. The molecule has 0 radical (unpaired) electrons. The van der Waals surface area contributed by atoms with Gasteiger partial charge < -0.3 is 70.2 Å². The van der Waals surface area contributed by atoms with Gasteiger partial charge in [0.05, 0.1) is 19.3 Å². The number of nitrogens with two attached hydrogens (primary N) is 1. The molecule has 520 valence electrons. The maximum absolute atomic E-state index is 12.4. The summed E-state index contributed by atoms with van der Waals surface area (Å²) in [7, 11) is -2.25. The lowest BCUT2D eigenvalue weighted by Gasteiger charge is -2.46. The molecule has 22 heteroatoms. The maximum Gasteiger partial charge on any atom is 0.407 e. The molecule has 0 heterocycles.